The van der Waals surface area contributed by atoms with Crippen LogP contribution in [0.25, 0.3) is 0 Å². The fraction of sp³-hybridized carbons (Fsp3) is 0.625. The zero-order valence-corrected chi connectivity index (χ0v) is 6.83. The van der Waals surface area contributed by atoms with Gasteiger partial charge in [-0.15, -0.1) is 0 Å². The van der Waals surface area contributed by atoms with Crippen molar-refractivity contribution in [2.24, 2.45) is 11.8 Å². The van der Waals surface area contributed by atoms with Gasteiger partial charge in [-0.2, -0.15) is 5.26 Å². The lowest BCUT2D eigenvalue weighted by Crippen LogP contribution is -2.32. The molecule has 0 aromatic carbocycles. The highest BCUT2D eigenvalue weighted by atomic mass is 16.2. The summed E-state index contributed by atoms with van der Waals surface area (Å²) in [5, 5.41) is 10.8. The summed E-state index contributed by atoms with van der Waals surface area (Å²) in [4.78, 5) is 22.2. The summed E-state index contributed by atoms with van der Waals surface area (Å²) < 4.78 is 0. The third kappa shape index (κ3) is 1.62. The maximum atomic E-state index is 11.3. The van der Waals surface area contributed by atoms with E-state index in [9.17, 15) is 9.59 Å². The van der Waals surface area contributed by atoms with Crippen LogP contribution in [-0.4, -0.2) is 18.7 Å². The molecule has 1 atom stereocenters. The summed E-state index contributed by atoms with van der Waals surface area (Å²) in [5.41, 5.74) is 0. The van der Waals surface area contributed by atoms with E-state index in [4.69, 9.17) is 5.26 Å². The number of nitrogens with zero attached hydrogens (tertiary/aromatic N) is 1. The highest BCUT2D eigenvalue weighted by Crippen LogP contribution is 2.32. The first-order valence-corrected chi connectivity index (χ1v) is 3.85. The lowest BCUT2D eigenvalue weighted by molar-refractivity contribution is -0.132. The molecule has 4 heteroatoms. The van der Waals surface area contributed by atoms with Crippen LogP contribution in [0.1, 0.15) is 12.8 Å². The molecule has 0 bridgehead atoms. The maximum absolute atomic E-state index is 11.3. The Morgan fingerprint density at radius 1 is 1.58 bits per heavy atom. The van der Waals surface area contributed by atoms with Crippen LogP contribution in [-0.2, 0) is 9.59 Å². The van der Waals surface area contributed by atoms with Gasteiger partial charge in [0.2, 0.25) is 5.91 Å². The van der Waals surface area contributed by atoms with Crippen molar-refractivity contribution in [3.63, 3.8) is 0 Å². The van der Waals surface area contributed by atoms with E-state index in [2.05, 4.69) is 5.32 Å². The third-order valence-electron chi connectivity index (χ3n) is 1.90. The smallest absolute Gasteiger partial charge is 0.244 e. The lowest BCUT2D eigenvalue weighted by atomic mass is 10.0. The molecule has 1 fully saturated rings. The van der Waals surface area contributed by atoms with E-state index in [1.165, 1.54) is 7.05 Å². The van der Waals surface area contributed by atoms with Gasteiger partial charge in [-0.1, -0.05) is 0 Å². The number of nitrogens with one attached hydrogen (secondary N) is 1. The van der Waals surface area contributed by atoms with Gasteiger partial charge in [0.15, 0.2) is 11.7 Å². The second kappa shape index (κ2) is 3.35. The zero-order valence-electron chi connectivity index (χ0n) is 6.83. The molecule has 4 nitrogen and oxygen atoms in total. The Kier molecular flexibility index (Phi) is 2.44. The number of nitriles is 1. The van der Waals surface area contributed by atoms with Crippen LogP contribution < -0.4 is 5.32 Å². The molecule has 1 aliphatic carbocycles. The zero-order chi connectivity index (χ0) is 9.14. The molecule has 1 rings (SSSR count). The predicted octanol–water partition coefficient (Wildman–Crippen LogP) is -0.149. The van der Waals surface area contributed by atoms with Crippen molar-refractivity contribution in [1.82, 2.24) is 5.32 Å². The molecule has 0 aliphatic heterocycles. The quantitative estimate of drug-likeness (QED) is 0.593. The molecule has 1 unspecified atom stereocenters. The number of Topliss-reactive ketones (excluding diaryl/α,β-unsaturated/α-hetero) is 1. The van der Waals surface area contributed by atoms with Crippen LogP contribution in [0, 0.1) is 23.2 Å². The minimum absolute atomic E-state index is 0.0352. The number of amides is 1. The van der Waals surface area contributed by atoms with Crippen molar-refractivity contribution < 1.29 is 9.59 Å². The summed E-state index contributed by atoms with van der Waals surface area (Å²) >= 11 is 0. The Morgan fingerprint density at radius 3 is 2.50 bits per heavy atom. The van der Waals surface area contributed by atoms with Crippen LogP contribution in [0.3, 0.4) is 0 Å². The molecule has 0 aromatic heterocycles. The SMILES string of the molecule is CNC(=O)C(C#N)C(=O)C1CC1. The van der Waals surface area contributed by atoms with E-state index < -0.39 is 11.8 Å². The van der Waals surface area contributed by atoms with Crippen molar-refractivity contribution in [2.45, 2.75) is 12.8 Å². The third-order valence-corrected chi connectivity index (χ3v) is 1.90. The van der Waals surface area contributed by atoms with Gasteiger partial charge < -0.3 is 5.32 Å². The van der Waals surface area contributed by atoms with Crippen LogP contribution in [0.15, 0.2) is 0 Å². The molecule has 1 aliphatic rings. The van der Waals surface area contributed by atoms with Gasteiger partial charge in [-0.25, -0.2) is 0 Å². The molecular weight excluding hydrogens is 156 g/mol. The van der Waals surface area contributed by atoms with Crippen molar-refractivity contribution in [3.8, 4) is 6.07 Å². The summed E-state index contributed by atoms with van der Waals surface area (Å²) in [6.07, 6.45) is 1.65. The van der Waals surface area contributed by atoms with Crippen molar-refractivity contribution in [1.29, 1.82) is 5.26 Å². The normalized spacial score (nSPS) is 17.7. The number of carbonyl (C=O) groups is 2. The van der Waals surface area contributed by atoms with Crippen LogP contribution in [0.5, 0.6) is 0 Å². The largest absolute Gasteiger partial charge is 0.358 e. The lowest BCUT2D eigenvalue weighted by Gasteiger charge is -2.04. The average Bonchev–Trinajstić information content (AvgIpc) is 2.87. The molecule has 1 amide bonds. The Balaban J connectivity index is 2.61. The van der Waals surface area contributed by atoms with E-state index in [0.717, 1.165) is 12.8 Å². The van der Waals surface area contributed by atoms with Crippen molar-refractivity contribution in [3.05, 3.63) is 0 Å². The minimum Gasteiger partial charge on any atom is -0.358 e. The van der Waals surface area contributed by atoms with Crippen LogP contribution >= 0.6 is 0 Å². The second-order valence-corrected chi connectivity index (χ2v) is 2.85. The van der Waals surface area contributed by atoms with Gasteiger partial charge in [0, 0.05) is 13.0 Å². The van der Waals surface area contributed by atoms with Crippen LogP contribution in [0.2, 0.25) is 0 Å². The van der Waals surface area contributed by atoms with E-state index in [1.807, 2.05) is 0 Å². The van der Waals surface area contributed by atoms with E-state index >= 15 is 0 Å². The number of rotatable bonds is 3. The van der Waals surface area contributed by atoms with Gasteiger partial charge in [-0.05, 0) is 12.8 Å². The molecular formula is C8H10N2O2. The first-order chi connectivity index (χ1) is 5.70. The summed E-state index contributed by atoms with van der Waals surface area (Å²) in [6, 6.07) is 1.71. The van der Waals surface area contributed by atoms with E-state index in [1.54, 1.807) is 6.07 Å². The molecule has 1 saturated carbocycles. The Morgan fingerprint density at radius 2 is 2.17 bits per heavy atom. The first kappa shape index (κ1) is 8.72. The molecule has 12 heavy (non-hydrogen) atoms. The maximum Gasteiger partial charge on any atom is 0.244 e. The van der Waals surface area contributed by atoms with E-state index in [-0.39, 0.29) is 11.7 Å². The van der Waals surface area contributed by atoms with Gasteiger partial charge in [0.1, 0.15) is 0 Å². The van der Waals surface area contributed by atoms with Gasteiger partial charge in [0.05, 0.1) is 6.07 Å². The van der Waals surface area contributed by atoms with Gasteiger partial charge in [0.25, 0.3) is 0 Å². The molecule has 0 radical (unpaired) electrons. The summed E-state index contributed by atoms with van der Waals surface area (Å²) in [7, 11) is 1.42. The molecule has 64 valence electrons. The second-order valence-electron chi connectivity index (χ2n) is 2.85. The van der Waals surface area contributed by atoms with Gasteiger partial charge in [-0.3, -0.25) is 9.59 Å². The molecule has 0 heterocycles. The molecule has 0 aromatic rings. The van der Waals surface area contributed by atoms with Crippen LogP contribution in [0.4, 0.5) is 0 Å². The molecule has 0 spiro atoms. The number of ketones is 1. The fourth-order valence-corrected chi connectivity index (χ4v) is 0.999. The Bertz CT molecular complexity index is 250. The van der Waals surface area contributed by atoms with Crippen molar-refractivity contribution >= 4 is 11.7 Å². The van der Waals surface area contributed by atoms with Gasteiger partial charge >= 0.3 is 0 Å². The topological polar surface area (TPSA) is 70.0 Å². The average molecular weight is 166 g/mol. The monoisotopic (exact) mass is 166 g/mol. The highest BCUT2D eigenvalue weighted by molar-refractivity contribution is 6.05. The first-order valence-electron chi connectivity index (χ1n) is 3.85. The number of hydrogen-bond acceptors (Lipinski definition) is 3. The summed E-state index contributed by atoms with van der Waals surface area (Å²) in [6.45, 7) is 0. The number of carbonyl (C=O) groups excluding carboxylic acids is 2. The number of hydrogen-bond donors (Lipinski definition) is 1. The minimum atomic E-state index is -1.09. The standard InChI is InChI=1S/C8H10N2O2/c1-10-8(12)6(4-9)7(11)5-2-3-5/h5-6H,2-3H2,1H3,(H,10,12). The summed E-state index contributed by atoms with van der Waals surface area (Å²) in [5.74, 6) is -1.85. The predicted molar refractivity (Wildman–Crippen MR) is 40.9 cm³/mol. The van der Waals surface area contributed by atoms with E-state index in [0.29, 0.717) is 0 Å². The fourth-order valence-electron chi connectivity index (χ4n) is 0.999. The molecule has 0 saturated heterocycles. The highest BCUT2D eigenvalue weighted by Gasteiger charge is 2.37. The Hall–Kier alpha value is -1.37. The van der Waals surface area contributed by atoms with Crippen molar-refractivity contribution in [2.75, 3.05) is 7.05 Å². The molecule has 1 N–H and O–H groups in total. The Labute approximate surface area is 70.6 Å².